The second-order valence-corrected chi connectivity index (χ2v) is 7.64. The van der Waals surface area contributed by atoms with Gasteiger partial charge in [0.25, 0.3) is 0 Å². The topological polar surface area (TPSA) is 45.8 Å². The summed E-state index contributed by atoms with van der Waals surface area (Å²) in [6.07, 6.45) is 7.75. The fraction of sp³-hybridized carbons (Fsp3) is 0.500. The number of carbonyl (C=O) groups excluding carboxylic acids is 1. The summed E-state index contributed by atoms with van der Waals surface area (Å²) >= 11 is 0. The second-order valence-electron chi connectivity index (χ2n) is 7.64. The van der Waals surface area contributed by atoms with Gasteiger partial charge < -0.3 is 0 Å². The average molecular weight is 284 g/mol. The highest BCUT2D eigenvalue weighted by atomic mass is 16.1. The molecule has 2 rings (SSSR count). The number of hydrogen-bond donors (Lipinski definition) is 1. The molecule has 3 heteroatoms. The van der Waals surface area contributed by atoms with Crippen LogP contribution in [0.2, 0.25) is 0 Å². The van der Waals surface area contributed by atoms with Crippen molar-refractivity contribution in [2.45, 2.75) is 58.3 Å². The molecule has 1 aromatic heterocycles. The molecule has 1 aromatic rings. The molecular weight excluding hydrogens is 260 g/mol. The zero-order chi connectivity index (χ0) is 15.8. The molecule has 1 N–H and O–H groups in total. The smallest absolute Gasteiger partial charge is 0.128 e. The first-order chi connectivity index (χ1) is 9.66. The molecule has 21 heavy (non-hydrogen) atoms. The van der Waals surface area contributed by atoms with Crippen LogP contribution in [0.3, 0.4) is 0 Å². The molecule has 1 heterocycles. The molecule has 0 aliphatic heterocycles. The maximum atomic E-state index is 11.3. The quantitative estimate of drug-likeness (QED) is 0.793. The molecule has 0 bridgehead atoms. The second kappa shape index (κ2) is 5.16. The van der Waals surface area contributed by atoms with Crippen molar-refractivity contribution in [3.05, 3.63) is 46.8 Å². The lowest BCUT2D eigenvalue weighted by atomic mass is 9.76. The average Bonchev–Trinajstić information content (AvgIpc) is 2.82. The van der Waals surface area contributed by atoms with E-state index in [1.54, 1.807) is 0 Å². The summed E-state index contributed by atoms with van der Waals surface area (Å²) < 4.78 is 0. The van der Waals surface area contributed by atoms with Crippen LogP contribution in [0.4, 0.5) is 0 Å². The molecule has 1 aliphatic rings. The third-order valence-corrected chi connectivity index (χ3v) is 3.72. The maximum absolute atomic E-state index is 11.3. The minimum atomic E-state index is -0.0850. The molecular formula is C18H24N2O. The van der Waals surface area contributed by atoms with E-state index in [9.17, 15) is 4.79 Å². The largest absolute Gasteiger partial charge is 0.281 e. The Morgan fingerprint density at radius 2 is 1.76 bits per heavy atom. The van der Waals surface area contributed by atoms with Crippen molar-refractivity contribution < 1.29 is 4.79 Å². The van der Waals surface area contributed by atoms with Gasteiger partial charge in [0.1, 0.15) is 5.94 Å². The Morgan fingerprint density at radius 1 is 1.10 bits per heavy atom. The summed E-state index contributed by atoms with van der Waals surface area (Å²) in [6.45, 7) is 12.9. The van der Waals surface area contributed by atoms with Gasteiger partial charge in [-0.25, -0.2) is 4.79 Å². The number of nitrogens with one attached hydrogen (secondary N) is 1. The van der Waals surface area contributed by atoms with E-state index in [0.29, 0.717) is 5.57 Å². The summed E-state index contributed by atoms with van der Waals surface area (Å²) in [7, 11) is 0. The minimum absolute atomic E-state index is 0.0607. The van der Waals surface area contributed by atoms with Crippen LogP contribution in [-0.4, -0.2) is 16.1 Å². The van der Waals surface area contributed by atoms with E-state index in [1.165, 1.54) is 0 Å². The van der Waals surface area contributed by atoms with Gasteiger partial charge in [0, 0.05) is 33.6 Å². The van der Waals surface area contributed by atoms with E-state index >= 15 is 0 Å². The van der Waals surface area contributed by atoms with E-state index < -0.39 is 0 Å². The van der Waals surface area contributed by atoms with Gasteiger partial charge in [-0.3, -0.25) is 5.10 Å². The van der Waals surface area contributed by atoms with E-state index in [4.69, 9.17) is 0 Å². The fourth-order valence-electron chi connectivity index (χ4n) is 2.69. The van der Waals surface area contributed by atoms with Gasteiger partial charge in [-0.15, -0.1) is 0 Å². The van der Waals surface area contributed by atoms with Crippen LogP contribution >= 0.6 is 0 Å². The monoisotopic (exact) mass is 284 g/mol. The van der Waals surface area contributed by atoms with Crippen LogP contribution in [0.1, 0.15) is 64.4 Å². The zero-order valence-corrected chi connectivity index (χ0v) is 13.7. The molecule has 1 aliphatic carbocycles. The van der Waals surface area contributed by atoms with Gasteiger partial charge in [0.2, 0.25) is 0 Å². The van der Waals surface area contributed by atoms with E-state index in [2.05, 4.69) is 63.8 Å². The van der Waals surface area contributed by atoms with E-state index in [1.807, 2.05) is 18.2 Å². The predicted octanol–water partition coefficient (Wildman–Crippen LogP) is 3.97. The molecule has 0 aromatic carbocycles. The predicted molar refractivity (Wildman–Crippen MR) is 86.2 cm³/mol. The van der Waals surface area contributed by atoms with Crippen molar-refractivity contribution in [2.75, 3.05) is 0 Å². The van der Waals surface area contributed by atoms with Gasteiger partial charge >= 0.3 is 0 Å². The lowest BCUT2D eigenvalue weighted by Gasteiger charge is -2.26. The van der Waals surface area contributed by atoms with Crippen LogP contribution in [0.25, 0.3) is 0 Å². The molecule has 0 saturated carbocycles. The van der Waals surface area contributed by atoms with Crippen LogP contribution in [0, 0.1) is 0 Å². The third-order valence-electron chi connectivity index (χ3n) is 3.72. The Labute approximate surface area is 126 Å². The number of aromatic nitrogens is 2. The maximum Gasteiger partial charge on any atom is 0.128 e. The summed E-state index contributed by atoms with van der Waals surface area (Å²) in [5.41, 5.74) is 3.74. The van der Waals surface area contributed by atoms with Gasteiger partial charge in [-0.2, -0.15) is 5.10 Å². The molecule has 0 fully saturated rings. The Hall–Kier alpha value is -1.86. The number of H-pyrrole nitrogens is 1. The van der Waals surface area contributed by atoms with Crippen molar-refractivity contribution in [1.29, 1.82) is 0 Å². The van der Waals surface area contributed by atoms with Crippen LogP contribution in [-0.2, 0) is 15.6 Å². The molecule has 1 atom stereocenters. The summed E-state index contributed by atoms with van der Waals surface area (Å²) in [5.74, 6) is 2.01. The molecule has 0 radical (unpaired) electrons. The zero-order valence-electron chi connectivity index (χ0n) is 13.7. The first kappa shape index (κ1) is 15.5. The van der Waals surface area contributed by atoms with Crippen LogP contribution in [0.15, 0.2) is 29.9 Å². The normalized spacial score (nSPS) is 19.0. The van der Waals surface area contributed by atoms with Crippen molar-refractivity contribution >= 4 is 5.94 Å². The lowest BCUT2D eigenvalue weighted by Crippen LogP contribution is -2.20. The van der Waals surface area contributed by atoms with E-state index in [-0.39, 0.29) is 16.7 Å². The van der Waals surface area contributed by atoms with Crippen molar-refractivity contribution in [2.24, 2.45) is 0 Å². The first-order valence-electron chi connectivity index (χ1n) is 7.35. The van der Waals surface area contributed by atoms with Crippen molar-refractivity contribution in [3.8, 4) is 0 Å². The number of aromatic amines is 1. The van der Waals surface area contributed by atoms with Crippen LogP contribution < -0.4 is 0 Å². The van der Waals surface area contributed by atoms with E-state index in [0.717, 1.165) is 17.0 Å². The van der Waals surface area contributed by atoms with Gasteiger partial charge in [-0.1, -0.05) is 59.8 Å². The van der Waals surface area contributed by atoms with Crippen LogP contribution in [0.5, 0.6) is 0 Å². The summed E-state index contributed by atoms with van der Waals surface area (Å²) in [6, 6.07) is 0. The number of rotatable bonds is 1. The molecule has 1 unspecified atom stereocenters. The Bertz CT molecular complexity index is 610. The lowest BCUT2D eigenvalue weighted by molar-refractivity contribution is 0.552. The number of allylic oxidation sites excluding steroid dienone is 5. The molecule has 3 nitrogen and oxygen atoms in total. The van der Waals surface area contributed by atoms with Crippen molar-refractivity contribution in [1.82, 2.24) is 10.2 Å². The Balaban J connectivity index is 2.71. The standard InChI is InChI=1S/C18H24N2O/c1-17(2,3)15-14(16(20-19-15)18(4,5)6)13-10-8-7-9-12(13)11-21/h7-10,13H,1-6H3,(H,19,20). The molecule has 0 spiro atoms. The highest BCUT2D eigenvalue weighted by Gasteiger charge is 2.33. The van der Waals surface area contributed by atoms with Gasteiger partial charge in [0.15, 0.2) is 0 Å². The summed E-state index contributed by atoms with van der Waals surface area (Å²) in [5, 5.41) is 7.78. The number of hydrogen-bond acceptors (Lipinski definition) is 2. The Morgan fingerprint density at radius 3 is 2.29 bits per heavy atom. The molecule has 0 saturated heterocycles. The minimum Gasteiger partial charge on any atom is -0.281 e. The Kier molecular flexibility index (Phi) is 3.81. The molecule has 112 valence electrons. The molecule has 0 amide bonds. The third kappa shape index (κ3) is 2.93. The van der Waals surface area contributed by atoms with Gasteiger partial charge in [0.05, 0.1) is 5.69 Å². The summed E-state index contributed by atoms with van der Waals surface area (Å²) in [4.78, 5) is 11.3. The van der Waals surface area contributed by atoms with Crippen molar-refractivity contribution in [3.63, 3.8) is 0 Å². The highest BCUT2D eigenvalue weighted by molar-refractivity contribution is 5.65. The fourth-order valence-corrected chi connectivity index (χ4v) is 2.69. The van der Waals surface area contributed by atoms with Gasteiger partial charge in [-0.05, 0) is 6.08 Å². The first-order valence-corrected chi connectivity index (χ1v) is 7.35. The SMILES string of the molecule is CC(C)(C)c1n[nH]c(C(C)(C)C)c1C1C=CC=CC1=C=O. The number of nitrogens with zero attached hydrogens (tertiary/aromatic N) is 1. The highest BCUT2D eigenvalue weighted by Crippen LogP contribution is 2.40.